The normalized spacial score (nSPS) is 17.4. The molecule has 0 amide bonds. The van der Waals surface area contributed by atoms with E-state index in [-0.39, 0.29) is 12.1 Å². The summed E-state index contributed by atoms with van der Waals surface area (Å²) in [6.45, 7) is 2.20. The van der Waals surface area contributed by atoms with Gasteiger partial charge in [-0.25, -0.2) is 0 Å². The molecule has 3 nitrogen and oxygen atoms in total. The number of aromatic nitrogens is 1. The van der Waals surface area contributed by atoms with Gasteiger partial charge in [0.2, 0.25) is 0 Å². The number of pyridine rings is 1. The fourth-order valence-electron chi connectivity index (χ4n) is 2.62. The topological polar surface area (TPSA) is 45.1 Å². The molecule has 1 aliphatic rings. The second kappa shape index (κ2) is 4.25. The largest absolute Gasteiger partial charge is 0.394 e. The molecule has 0 atom stereocenters. The number of benzene rings is 1. The highest BCUT2D eigenvalue weighted by Crippen LogP contribution is 2.36. The smallest absolute Gasteiger partial charge is 0.0725 e. The van der Waals surface area contributed by atoms with Crippen molar-refractivity contribution >= 4 is 16.6 Å². The van der Waals surface area contributed by atoms with E-state index >= 15 is 0 Å². The molecule has 0 unspecified atom stereocenters. The van der Waals surface area contributed by atoms with Crippen LogP contribution in [0.5, 0.6) is 0 Å². The number of anilines is 1. The summed E-state index contributed by atoms with van der Waals surface area (Å²) < 4.78 is 0. The lowest BCUT2D eigenvalue weighted by Gasteiger charge is -2.42. The third kappa shape index (κ3) is 1.85. The number of fused-ring (bicyclic) bond motifs is 1. The molecular weight excluding hydrogens is 224 g/mol. The first-order valence-electron chi connectivity index (χ1n) is 6.48. The van der Waals surface area contributed by atoms with Gasteiger partial charge in [0.1, 0.15) is 0 Å². The van der Waals surface area contributed by atoms with Crippen molar-refractivity contribution in [3.05, 3.63) is 36.0 Å². The molecule has 1 saturated carbocycles. The van der Waals surface area contributed by atoms with Gasteiger partial charge >= 0.3 is 0 Å². The zero-order chi connectivity index (χ0) is 12.6. The second-order valence-corrected chi connectivity index (χ2v) is 5.25. The van der Waals surface area contributed by atoms with Crippen molar-refractivity contribution in [2.24, 2.45) is 0 Å². The summed E-state index contributed by atoms with van der Waals surface area (Å²) in [6, 6.07) is 10.2. The van der Waals surface area contributed by atoms with Crippen LogP contribution in [0, 0.1) is 6.92 Å². The molecule has 0 spiro atoms. The molecule has 1 aromatic heterocycles. The molecule has 1 fully saturated rings. The summed E-state index contributed by atoms with van der Waals surface area (Å²) in [7, 11) is 0. The standard InChI is InChI=1S/C15H18N2O/c1-11-9-14(17-15(10-18)7-4-8-15)12-5-2-3-6-13(12)16-11/h2-3,5-6,9,18H,4,7-8,10H2,1H3,(H,16,17). The molecule has 1 heterocycles. The fourth-order valence-corrected chi connectivity index (χ4v) is 2.62. The molecule has 0 saturated heterocycles. The number of hydrogen-bond donors (Lipinski definition) is 2. The Morgan fingerprint density at radius 3 is 2.78 bits per heavy atom. The monoisotopic (exact) mass is 242 g/mol. The maximum atomic E-state index is 9.56. The molecule has 2 aromatic rings. The van der Waals surface area contributed by atoms with Crippen LogP contribution in [0.2, 0.25) is 0 Å². The highest BCUT2D eigenvalue weighted by Gasteiger charge is 2.36. The molecule has 3 rings (SSSR count). The molecule has 2 N–H and O–H groups in total. The predicted molar refractivity (Wildman–Crippen MR) is 73.8 cm³/mol. The minimum atomic E-state index is -0.115. The summed E-state index contributed by atoms with van der Waals surface area (Å²) in [6.07, 6.45) is 3.27. The van der Waals surface area contributed by atoms with Gasteiger partial charge in [0.15, 0.2) is 0 Å². The van der Waals surface area contributed by atoms with Gasteiger partial charge in [0.05, 0.1) is 17.7 Å². The van der Waals surface area contributed by atoms with E-state index in [1.165, 1.54) is 6.42 Å². The van der Waals surface area contributed by atoms with Crippen molar-refractivity contribution in [3.63, 3.8) is 0 Å². The average Bonchev–Trinajstić information content (AvgIpc) is 2.33. The van der Waals surface area contributed by atoms with Crippen molar-refractivity contribution in [2.75, 3.05) is 11.9 Å². The number of aliphatic hydroxyl groups is 1. The van der Waals surface area contributed by atoms with Crippen molar-refractivity contribution in [3.8, 4) is 0 Å². The number of nitrogens with zero attached hydrogens (tertiary/aromatic N) is 1. The van der Waals surface area contributed by atoms with Gasteiger partial charge in [-0.1, -0.05) is 18.2 Å². The van der Waals surface area contributed by atoms with Crippen molar-refractivity contribution in [1.29, 1.82) is 0 Å². The molecule has 0 radical (unpaired) electrons. The van der Waals surface area contributed by atoms with Crippen LogP contribution in [0.25, 0.3) is 10.9 Å². The first-order valence-corrected chi connectivity index (χ1v) is 6.48. The maximum absolute atomic E-state index is 9.56. The first-order chi connectivity index (χ1) is 8.72. The average molecular weight is 242 g/mol. The number of hydrogen-bond acceptors (Lipinski definition) is 3. The highest BCUT2D eigenvalue weighted by atomic mass is 16.3. The molecule has 18 heavy (non-hydrogen) atoms. The van der Waals surface area contributed by atoms with E-state index in [1.54, 1.807) is 0 Å². The minimum absolute atomic E-state index is 0.115. The molecule has 3 heteroatoms. The van der Waals surface area contributed by atoms with E-state index < -0.39 is 0 Å². The molecule has 1 aliphatic carbocycles. The van der Waals surface area contributed by atoms with Crippen LogP contribution < -0.4 is 5.32 Å². The van der Waals surface area contributed by atoms with E-state index in [2.05, 4.69) is 22.4 Å². The van der Waals surface area contributed by atoms with Crippen LogP contribution in [0.4, 0.5) is 5.69 Å². The lowest BCUT2D eigenvalue weighted by Crippen LogP contribution is -2.48. The number of rotatable bonds is 3. The van der Waals surface area contributed by atoms with E-state index in [1.807, 2.05) is 25.1 Å². The Hall–Kier alpha value is -1.61. The van der Waals surface area contributed by atoms with Gasteiger partial charge in [-0.05, 0) is 38.3 Å². The highest BCUT2D eigenvalue weighted by molar-refractivity contribution is 5.91. The zero-order valence-corrected chi connectivity index (χ0v) is 10.6. The first kappa shape index (κ1) is 11.5. The van der Waals surface area contributed by atoms with Crippen LogP contribution in [0.3, 0.4) is 0 Å². The molecule has 0 bridgehead atoms. The summed E-state index contributed by atoms with van der Waals surface area (Å²) >= 11 is 0. The summed E-state index contributed by atoms with van der Waals surface area (Å²) in [4.78, 5) is 4.53. The SMILES string of the molecule is Cc1cc(NC2(CO)CCC2)c2ccccc2n1. The van der Waals surface area contributed by atoms with E-state index in [0.29, 0.717) is 0 Å². The molecule has 94 valence electrons. The van der Waals surface area contributed by atoms with Crippen LogP contribution >= 0.6 is 0 Å². The second-order valence-electron chi connectivity index (χ2n) is 5.25. The Balaban J connectivity index is 2.05. The summed E-state index contributed by atoms with van der Waals surface area (Å²) in [5.41, 5.74) is 2.99. The van der Waals surface area contributed by atoms with Crippen molar-refractivity contribution in [1.82, 2.24) is 4.98 Å². The number of aryl methyl sites for hydroxylation is 1. The van der Waals surface area contributed by atoms with Crippen LogP contribution in [0.1, 0.15) is 25.0 Å². The Morgan fingerprint density at radius 2 is 2.11 bits per heavy atom. The fraction of sp³-hybridized carbons (Fsp3) is 0.400. The van der Waals surface area contributed by atoms with Crippen LogP contribution in [-0.4, -0.2) is 22.2 Å². The van der Waals surface area contributed by atoms with E-state index in [0.717, 1.165) is 35.1 Å². The van der Waals surface area contributed by atoms with Gasteiger partial charge in [-0.3, -0.25) is 4.98 Å². The molecular formula is C15H18N2O. The van der Waals surface area contributed by atoms with Gasteiger partial charge in [-0.2, -0.15) is 0 Å². The lowest BCUT2D eigenvalue weighted by atomic mass is 9.77. The van der Waals surface area contributed by atoms with Crippen LogP contribution in [0.15, 0.2) is 30.3 Å². The summed E-state index contributed by atoms with van der Waals surface area (Å²) in [5, 5.41) is 14.2. The molecule has 1 aromatic carbocycles. The lowest BCUT2D eigenvalue weighted by molar-refractivity contribution is 0.144. The third-order valence-electron chi connectivity index (χ3n) is 3.86. The third-order valence-corrected chi connectivity index (χ3v) is 3.86. The Kier molecular flexibility index (Phi) is 2.71. The Bertz CT molecular complexity index is 570. The van der Waals surface area contributed by atoms with Crippen LogP contribution in [-0.2, 0) is 0 Å². The van der Waals surface area contributed by atoms with E-state index in [9.17, 15) is 5.11 Å². The van der Waals surface area contributed by atoms with Gasteiger partial charge in [0.25, 0.3) is 0 Å². The maximum Gasteiger partial charge on any atom is 0.0725 e. The van der Waals surface area contributed by atoms with Gasteiger partial charge in [0, 0.05) is 16.8 Å². The Labute approximate surface area is 107 Å². The van der Waals surface area contributed by atoms with Gasteiger partial charge < -0.3 is 10.4 Å². The number of aliphatic hydroxyl groups excluding tert-OH is 1. The van der Waals surface area contributed by atoms with Crippen molar-refractivity contribution in [2.45, 2.75) is 31.7 Å². The zero-order valence-electron chi connectivity index (χ0n) is 10.6. The predicted octanol–water partition coefficient (Wildman–Crippen LogP) is 2.87. The van der Waals surface area contributed by atoms with Crippen molar-refractivity contribution < 1.29 is 5.11 Å². The van der Waals surface area contributed by atoms with Gasteiger partial charge in [-0.15, -0.1) is 0 Å². The summed E-state index contributed by atoms with van der Waals surface area (Å²) in [5.74, 6) is 0. The molecule has 0 aliphatic heterocycles. The minimum Gasteiger partial charge on any atom is -0.394 e. The Morgan fingerprint density at radius 1 is 1.33 bits per heavy atom. The number of nitrogens with one attached hydrogen (secondary N) is 1. The quantitative estimate of drug-likeness (QED) is 0.870. The number of para-hydroxylation sites is 1. The van der Waals surface area contributed by atoms with E-state index in [4.69, 9.17) is 0 Å².